The summed E-state index contributed by atoms with van der Waals surface area (Å²) in [6, 6.07) is -1.12. The van der Waals surface area contributed by atoms with Crippen molar-refractivity contribution in [2.45, 2.75) is 38.8 Å². The van der Waals surface area contributed by atoms with Gasteiger partial charge in [-0.2, -0.15) is 0 Å². The number of likely N-dealkylation sites (tertiary alicyclic amines) is 1. The van der Waals surface area contributed by atoms with Crippen molar-refractivity contribution in [1.82, 2.24) is 20.2 Å². The Hall–Kier alpha value is -2.05. The summed E-state index contributed by atoms with van der Waals surface area (Å²) in [5.74, 6) is -0.598. The van der Waals surface area contributed by atoms with Crippen LogP contribution in [0.15, 0.2) is 12.5 Å². The number of nitrogens with one attached hydrogen (secondary N) is 2. The predicted octanol–water partition coefficient (Wildman–Crippen LogP) is 0.845. The van der Waals surface area contributed by atoms with E-state index in [9.17, 15) is 14.7 Å². The van der Waals surface area contributed by atoms with Crippen molar-refractivity contribution >= 4 is 12.0 Å². The topological polar surface area (TPSA) is 98.3 Å². The molecule has 1 aromatic heterocycles. The van der Waals surface area contributed by atoms with Gasteiger partial charge in [0.15, 0.2) is 0 Å². The summed E-state index contributed by atoms with van der Waals surface area (Å²) in [7, 11) is 0. The van der Waals surface area contributed by atoms with Crippen molar-refractivity contribution in [3.63, 3.8) is 0 Å². The quantitative estimate of drug-likeness (QED) is 0.761. The van der Waals surface area contributed by atoms with Crippen LogP contribution in [-0.4, -0.2) is 50.6 Å². The molecule has 7 nitrogen and oxygen atoms in total. The highest BCUT2D eigenvalue weighted by Gasteiger charge is 2.32. The van der Waals surface area contributed by atoms with Crippen LogP contribution in [0.25, 0.3) is 0 Å². The van der Waals surface area contributed by atoms with E-state index in [1.165, 1.54) is 6.33 Å². The van der Waals surface area contributed by atoms with Gasteiger partial charge in [0.25, 0.3) is 0 Å². The summed E-state index contributed by atoms with van der Waals surface area (Å²) in [4.78, 5) is 31.8. The summed E-state index contributed by atoms with van der Waals surface area (Å²) in [6.07, 6.45) is 4.19. The number of carbonyl (C=O) groups excluding carboxylic acids is 1. The van der Waals surface area contributed by atoms with Crippen LogP contribution >= 0.6 is 0 Å². The van der Waals surface area contributed by atoms with Crippen LogP contribution in [0, 0.1) is 5.92 Å². The Labute approximate surface area is 117 Å². The number of hydrogen-bond acceptors (Lipinski definition) is 3. The minimum Gasteiger partial charge on any atom is -0.480 e. The van der Waals surface area contributed by atoms with E-state index < -0.39 is 12.0 Å². The standard InChI is InChI=1S/C13H20N4O3/c1-8-3-9(2)17(6-8)13(20)16-11(12(18)19)4-10-5-14-7-15-10/h5,7-9,11H,3-4,6H2,1-2H3,(H,14,15)(H,16,20)(H,18,19)/t8?,9?,11-/m0/s1. The van der Waals surface area contributed by atoms with Crippen molar-refractivity contribution in [1.29, 1.82) is 0 Å². The number of aromatic amines is 1. The molecule has 0 saturated carbocycles. The molecule has 2 heterocycles. The molecule has 1 saturated heterocycles. The van der Waals surface area contributed by atoms with Gasteiger partial charge in [-0.15, -0.1) is 0 Å². The zero-order chi connectivity index (χ0) is 14.7. The molecule has 20 heavy (non-hydrogen) atoms. The van der Waals surface area contributed by atoms with Gasteiger partial charge in [0.1, 0.15) is 6.04 Å². The molecule has 2 unspecified atom stereocenters. The Morgan fingerprint density at radius 1 is 1.60 bits per heavy atom. The largest absolute Gasteiger partial charge is 0.480 e. The molecule has 0 spiro atoms. The third-order valence-electron chi connectivity index (χ3n) is 3.62. The maximum Gasteiger partial charge on any atom is 0.326 e. The van der Waals surface area contributed by atoms with Crippen molar-refractivity contribution in [2.24, 2.45) is 5.92 Å². The lowest BCUT2D eigenvalue weighted by Crippen LogP contribution is -2.49. The fourth-order valence-corrected chi connectivity index (χ4v) is 2.63. The summed E-state index contributed by atoms with van der Waals surface area (Å²) >= 11 is 0. The maximum absolute atomic E-state index is 12.2. The molecule has 0 radical (unpaired) electrons. The van der Waals surface area contributed by atoms with Crippen LogP contribution < -0.4 is 5.32 Å². The molecule has 110 valence electrons. The average molecular weight is 280 g/mol. The summed E-state index contributed by atoms with van der Waals surface area (Å²) in [5.41, 5.74) is 0.681. The van der Waals surface area contributed by atoms with Crippen molar-refractivity contribution in [3.05, 3.63) is 18.2 Å². The molecule has 0 aromatic carbocycles. The molecule has 7 heteroatoms. The zero-order valence-corrected chi connectivity index (χ0v) is 11.7. The number of imidazole rings is 1. The summed E-state index contributed by atoms with van der Waals surface area (Å²) in [5, 5.41) is 11.8. The second-order valence-corrected chi connectivity index (χ2v) is 5.46. The number of amides is 2. The van der Waals surface area contributed by atoms with Gasteiger partial charge in [-0.3, -0.25) is 0 Å². The van der Waals surface area contributed by atoms with E-state index in [1.807, 2.05) is 6.92 Å². The van der Waals surface area contributed by atoms with Crippen LogP contribution in [0.1, 0.15) is 26.0 Å². The molecule has 1 fully saturated rings. The van der Waals surface area contributed by atoms with E-state index in [2.05, 4.69) is 22.2 Å². The number of aliphatic carboxylic acids is 1. The van der Waals surface area contributed by atoms with Gasteiger partial charge in [-0.25, -0.2) is 14.6 Å². The first-order chi connectivity index (χ1) is 9.47. The molecule has 1 aliphatic heterocycles. The number of nitrogens with zero attached hydrogens (tertiary/aromatic N) is 2. The summed E-state index contributed by atoms with van der Waals surface area (Å²) < 4.78 is 0. The second kappa shape index (κ2) is 5.94. The Kier molecular flexibility index (Phi) is 4.26. The third-order valence-corrected chi connectivity index (χ3v) is 3.62. The van der Waals surface area contributed by atoms with Crippen molar-refractivity contribution in [3.8, 4) is 0 Å². The first kappa shape index (κ1) is 14.4. The number of carboxylic acids is 1. The normalized spacial score (nSPS) is 23.6. The Balaban J connectivity index is 1.97. The van der Waals surface area contributed by atoms with Gasteiger partial charge in [0.2, 0.25) is 0 Å². The molecular weight excluding hydrogens is 260 g/mol. The van der Waals surface area contributed by atoms with E-state index in [4.69, 9.17) is 0 Å². The molecule has 1 aliphatic rings. The van der Waals surface area contributed by atoms with Crippen molar-refractivity contribution in [2.75, 3.05) is 6.54 Å². The van der Waals surface area contributed by atoms with Gasteiger partial charge in [0.05, 0.1) is 6.33 Å². The molecule has 1 aromatic rings. The highest BCUT2D eigenvalue weighted by molar-refractivity contribution is 5.83. The maximum atomic E-state index is 12.2. The lowest BCUT2D eigenvalue weighted by Gasteiger charge is -2.24. The number of aromatic nitrogens is 2. The molecular formula is C13H20N4O3. The molecule has 0 bridgehead atoms. The molecule has 2 amide bonds. The molecule has 3 atom stereocenters. The van der Waals surface area contributed by atoms with Crippen LogP contribution in [-0.2, 0) is 11.2 Å². The highest BCUT2D eigenvalue weighted by Crippen LogP contribution is 2.22. The van der Waals surface area contributed by atoms with E-state index in [1.54, 1.807) is 11.1 Å². The number of carbonyl (C=O) groups is 2. The lowest BCUT2D eigenvalue weighted by atomic mass is 10.1. The smallest absolute Gasteiger partial charge is 0.326 e. The van der Waals surface area contributed by atoms with Gasteiger partial charge >= 0.3 is 12.0 Å². The Morgan fingerprint density at radius 2 is 2.35 bits per heavy atom. The monoisotopic (exact) mass is 280 g/mol. The zero-order valence-electron chi connectivity index (χ0n) is 11.7. The van der Waals surface area contributed by atoms with Gasteiger partial charge in [0, 0.05) is 30.9 Å². The minimum atomic E-state index is -1.05. The second-order valence-electron chi connectivity index (χ2n) is 5.46. The Bertz CT molecular complexity index is 474. The summed E-state index contributed by atoms with van der Waals surface area (Å²) in [6.45, 7) is 4.74. The SMILES string of the molecule is CC1CC(C)N(C(=O)N[C@@H](Cc2cnc[nH]2)C(=O)O)C1. The number of carboxylic acid groups (broad SMARTS) is 1. The number of rotatable bonds is 4. The van der Waals surface area contributed by atoms with Gasteiger partial charge in [-0.1, -0.05) is 6.92 Å². The lowest BCUT2D eigenvalue weighted by molar-refractivity contribution is -0.139. The fourth-order valence-electron chi connectivity index (χ4n) is 2.63. The fraction of sp³-hybridized carbons (Fsp3) is 0.615. The van der Waals surface area contributed by atoms with Crippen molar-refractivity contribution < 1.29 is 14.7 Å². The molecule has 3 N–H and O–H groups in total. The van der Waals surface area contributed by atoms with E-state index in [0.717, 1.165) is 6.42 Å². The van der Waals surface area contributed by atoms with E-state index in [0.29, 0.717) is 18.2 Å². The van der Waals surface area contributed by atoms with Crippen LogP contribution in [0.2, 0.25) is 0 Å². The van der Waals surface area contributed by atoms with Crippen LogP contribution in [0.4, 0.5) is 4.79 Å². The van der Waals surface area contributed by atoms with E-state index >= 15 is 0 Å². The van der Waals surface area contributed by atoms with Gasteiger partial charge in [-0.05, 0) is 19.3 Å². The average Bonchev–Trinajstić information content (AvgIpc) is 2.97. The van der Waals surface area contributed by atoms with E-state index in [-0.39, 0.29) is 18.5 Å². The predicted molar refractivity (Wildman–Crippen MR) is 72.2 cm³/mol. The first-order valence-electron chi connectivity index (χ1n) is 6.74. The molecule has 0 aliphatic carbocycles. The number of H-pyrrole nitrogens is 1. The number of hydrogen-bond donors (Lipinski definition) is 3. The highest BCUT2D eigenvalue weighted by atomic mass is 16.4. The minimum absolute atomic E-state index is 0.145. The number of urea groups is 1. The molecule has 2 rings (SSSR count). The first-order valence-corrected chi connectivity index (χ1v) is 6.74. The Morgan fingerprint density at radius 3 is 2.85 bits per heavy atom. The van der Waals surface area contributed by atoms with Crippen LogP contribution in [0.3, 0.4) is 0 Å². The third kappa shape index (κ3) is 3.28. The van der Waals surface area contributed by atoms with Crippen LogP contribution in [0.5, 0.6) is 0 Å². The van der Waals surface area contributed by atoms with Gasteiger partial charge < -0.3 is 20.3 Å².